The van der Waals surface area contributed by atoms with E-state index < -0.39 is 15.5 Å². The first-order valence-electron chi connectivity index (χ1n) is 4.58. The fourth-order valence-corrected chi connectivity index (χ4v) is 3.17. The van der Waals surface area contributed by atoms with Gasteiger partial charge in [-0.05, 0) is 12.8 Å². The van der Waals surface area contributed by atoms with Crippen LogP contribution in [0.1, 0.15) is 26.7 Å². The molecule has 0 aromatic carbocycles. The van der Waals surface area contributed by atoms with E-state index in [1.165, 1.54) is 0 Å². The molecule has 5 nitrogen and oxygen atoms in total. The molecule has 3 N–H and O–H groups in total. The number of halogens is 2. The predicted octanol–water partition coefficient (Wildman–Crippen LogP) is 4.21. The highest BCUT2D eigenvalue weighted by molar-refractivity contribution is 7.65. The van der Waals surface area contributed by atoms with Gasteiger partial charge in [0, 0.05) is 0 Å². The van der Waals surface area contributed by atoms with Gasteiger partial charge in [0.2, 0.25) is 0 Å². The summed E-state index contributed by atoms with van der Waals surface area (Å²) in [5.74, 6) is 0. The van der Waals surface area contributed by atoms with Crippen LogP contribution in [0.4, 0.5) is 8.39 Å². The van der Waals surface area contributed by atoms with Crippen LogP contribution in [0.25, 0.3) is 0 Å². The average molecular weight is 263 g/mol. The second-order valence-corrected chi connectivity index (χ2v) is 6.13. The molecule has 15 heavy (non-hydrogen) atoms. The normalized spacial score (nSPS) is 19.3. The first-order chi connectivity index (χ1) is 6.83. The molecule has 92 valence electrons. The largest absolute Gasteiger partial charge is 0.375 e. The Morgan fingerprint density at radius 2 is 1.67 bits per heavy atom. The lowest BCUT2D eigenvalue weighted by molar-refractivity contribution is 0.314. The topological polar surface area (TPSA) is 80.7 Å². The molecule has 2 unspecified atom stereocenters. The smallest absolute Gasteiger partial charge is 0.309 e. The van der Waals surface area contributed by atoms with Crippen LogP contribution in [0.15, 0.2) is 4.52 Å². The molecule has 9 heteroatoms. The maximum absolute atomic E-state index is 13.3. The number of rotatable bonds is 7. The fraction of sp³-hybridized carbons (Fsp3) is 1.00. The lowest BCUT2D eigenvalue weighted by Gasteiger charge is -2.13. The summed E-state index contributed by atoms with van der Waals surface area (Å²) in [7, 11) is -8.46. The molecule has 0 saturated carbocycles. The zero-order chi connectivity index (χ0) is 11.9. The predicted molar refractivity (Wildman–Crippen MR) is 57.9 cm³/mol. The van der Waals surface area contributed by atoms with Crippen LogP contribution >= 0.6 is 15.5 Å². The van der Waals surface area contributed by atoms with Crippen molar-refractivity contribution in [3.8, 4) is 0 Å². The van der Waals surface area contributed by atoms with Crippen LogP contribution in [0.3, 0.4) is 0 Å². The van der Waals surface area contributed by atoms with Crippen molar-refractivity contribution in [2.75, 3.05) is 13.2 Å². The van der Waals surface area contributed by atoms with Gasteiger partial charge in [0.05, 0.1) is 13.2 Å². The number of nitrogens with one attached hydrogen (secondary N) is 1. The second-order valence-electron chi connectivity index (χ2n) is 2.80. The Labute approximate surface area is 88.8 Å². The van der Waals surface area contributed by atoms with Crippen molar-refractivity contribution in [2.24, 2.45) is 10.0 Å². The molecule has 0 aliphatic carbocycles. The molecule has 0 aromatic rings. The van der Waals surface area contributed by atoms with Crippen molar-refractivity contribution in [1.82, 2.24) is 0 Å². The molecule has 0 bridgehead atoms. The third-order valence-corrected chi connectivity index (χ3v) is 4.15. The molecule has 0 amide bonds. The molecule has 0 rings (SSSR count). The second kappa shape index (κ2) is 6.71. The summed E-state index contributed by atoms with van der Waals surface area (Å²) in [5, 5.41) is 7.00. The highest BCUT2D eigenvalue weighted by Gasteiger charge is 2.23. The Morgan fingerprint density at radius 3 is 2.13 bits per heavy atom. The summed E-state index contributed by atoms with van der Waals surface area (Å²) < 4.78 is 38.4. The van der Waals surface area contributed by atoms with Crippen LogP contribution in [0, 0.1) is 5.16 Å². The van der Waals surface area contributed by atoms with Crippen molar-refractivity contribution in [1.29, 1.82) is 5.16 Å². The maximum atomic E-state index is 13.3. The highest BCUT2D eigenvalue weighted by atomic mass is 31.3. The SMILES string of the molecule is CCCOP(=N)(F)N=P(N)(F)OCCC. The lowest BCUT2D eigenvalue weighted by atomic mass is 10.5. The zero-order valence-corrected chi connectivity index (χ0v) is 10.6. The molecule has 0 radical (unpaired) electrons. The number of hydrogen-bond acceptors (Lipinski definition) is 3. The summed E-state index contributed by atoms with van der Waals surface area (Å²) in [6.07, 6.45) is 1.07. The van der Waals surface area contributed by atoms with E-state index in [0.29, 0.717) is 12.8 Å². The van der Waals surface area contributed by atoms with Gasteiger partial charge in [-0.3, -0.25) is 0 Å². The molecule has 2 atom stereocenters. The van der Waals surface area contributed by atoms with Crippen LogP contribution in [-0.4, -0.2) is 13.2 Å². The highest BCUT2D eigenvalue weighted by Crippen LogP contribution is 2.61. The van der Waals surface area contributed by atoms with Gasteiger partial charge in [0.15, 0.2) is 0 Å². The van der Waals surface area contributed by atoms with E-state index in [4.69, 9.17) is 10.7 Å². The van der Waals surface area contributed by atoms with E-state index in [9.17, 15) is 8.39 Å². The molecule has 0 aliphatic heterocycles. The third kappa shape index (κ3) is 8.05. The Morgan fingerprint density at radius 1 is 1.20 bits per heavy atom. The molecular formula is C6H17F2N3O2P2. The van der Waals surface area contributed by atoms with Crippen molar-refractivity contribution < 1.29 is 17.4 Å². The van der Waals surface area contributed by atoms with Gasteiger partial charge in [0.1, 0.15) is 0 Å². The summed E-state index contributed by atoms with van der Waals surface area (Å²) >= 11 is 0. The van der Waals surface area contributed by atoms with Gasteiger partial charge in [-0.2, -0.15) is 8.39 Å². The molecular weight excluding hydrogens is 246 g/mol. The van der Waals surface area contributed by atoms with E-state index in [1.807, 2.05) is 0 Å². The van der Waals surface area contributed by atoms with E-state index in [2.05, 4.69) is 13.6 Å². The number of hydrogen-bond donors (Lipinski definition) is 2. The van der Waals surface area contributed by atoms with Crippen LogP contribution in [0.2, 0.25) is 0 Å². The minimum Gasteiger partial charge on any atom is -0.309 e. The average Bonchev–Trinajstić information content (AvgIpc) is 2.10. The first-order valence-corrected chi connectivity index (χ1v) is 7.75. The van der Waals surface area contributed by atoms with Gasteiger partial charge in [0.25, 0.3) is 0 Å². The van der Waals surface area contributed by atoms with E-state index in [0.717, 1.165) is 0 Å². The summed E-state index contributed by atoms with van der Waals surface area (Å²) in [4.78, 5) is 0. The molecule has 0 saturated heterocycles. The van der Waals surface area contributed by atoms with Crippen molar-refractivity contribution in [3.63, 3.8) is 0 Å². The van der Waals surface area contributed by atoms with Gasteiger partial charge in [-0.25, -0.2) is 10.7 Å². The molecule has 0 fully saturated rings. The standard InChI is InChI=1S/C6H17F2N3O2P2/c1-3-5-12-14(7,9)11-15(8,10)13-6-4-2/h9H,3-6,10H2,1-2H3. The zero-order valence-electron chi connectivity index (χ0n) is 8.82. The molecule has 0 aliphatic rings. The minimum atomic E-state index is -4.32. The monoisotopic (exact) mass is 263 g/mol. The third-order valence-electron chi connectivity index (χ3n) is 1.18. The maximum Gasteiger partial charge on any atom is 0.375 e. The van der Waals surface area contributed by atoms with Crippen molar-refractivity contribution in [2.45, 2.75) is 26.7 Å². The molecule has 0 aromatic heterocycles. The quantitative estimate of drug-likeness (QED) is 0.675. The summed E-state index contributed by atoms with van der Waals surface area (Å²) in [6.45, 7) is 3.57. The summed E-state index contributed by atoms with van der Waals surface area (Å²) in [6, 6.07) is 0. The van der Waals surface area contributed by atoms with Crippen molar-refractivity contribution in [3.05, 3.63) is 0 Å². The molecule has 0 spiro atoms. The lowest BCUT2D eigenvalue weighted by Crippen LogP contribution is -1.96. The van der Waals surface area contributed by atoms with E-state index >= 15 is 0 Å². The van der Waals surface area contributed by atoms with E-state index in [-0.39, 0.29) is 13.2 Å². The van der Waals surface area contributed by atoms with Crippen LogP contribution in [-0.2, 0) is 9.05 Å². The Bertz CT molecular complexity index is 282. The van der Waals surface area contributed by atoms with Gasteiger partial charge in [-0.15, -0.1) is 4.52 Å². The van der Waals surface area contributed by atoms with Gasteiger partial charge in [-0.1, -0.05) is 13.8 Å². The number of nitrogens with two attached hydrogens (primary N) is 1. The summed E-state index contributed by atoms with van der Waals surface area (Å²) in [5.41, 5.74) is 5.00. The Kier molecular flexibility index (Phi) is 6.80. The van der Waals surface area contributed by atoms with Crippen LogP contribution in [0.5, 0.6) is 0 Å². The fourth-order valence-electron chi connectivity index (χ4n) is 0.640. The van der Waals surface area contributed by atoms with Gasteiger partial charge >= 0.3 is 15.5 Å². The molecule has 0 heterocycles. The van der Waals surface area contributed by atoms with E-state index in [1.54, 1.807) is 13.8 Å². The minimum absolute atomic E-state index is 0.0189. The van der Waals surface area contributed by atoms with Gasteiger partial charge < -0.3 is 9.05 Å². The van der Waals surface area contributed by atoms with Crippen molar-refractivity contribution >= 4 is 15.5 Å². The first kappa shape index (κ1) is 15.2. The Hall–Kier alpha value is 0.200. The number of nitrogens with zero attached hydrogens (tertiary/aromatic N) is 1. The van der Waals surface area contributed by atoms with Crippen LogP contribution < -0.4 is 5.50 Å². The Balaban J connectivity index is 4.47.